The molecule has 0 heterocycles. The van der Waals surface area contributed by atoms with Gasteiger partial charge in [0, 0.05) is 19.8 Å². The third-order valence-corrected chi connectivity index (χ3v) is 5.03. The van der Waals surface area contributed by atoms with Crippen LogP contribution in [-0.4, -0.2) is 25.8 Å². The van der Waals surface area contributed by atoms with Crippen molar-refractivity contribution >= 4 is 11.9 Å². The quantitative estimate of drug-likeness (QED) is 0.797. The molecule has 120 valence electrons. The number of fused-ring (bicyclic) bond motifs is 1. The molecule has 0 radical (unpaired) electrons. The van der Waals surface area contributed by atoms with Crippen LogP contribution < -0.4 is 0 Å². The van der Waals surface area contributed by atoms with Gasteiger partial charge in [0.2, 0.25) is 0 Å². The van der Waals surface area contributed by atoms with Gasteiger partial charge in [-0.25, -0.2) is 0 Å². The van der Waals surface area contributed by atoms with E-state index in [0.29, 0.717) is 0 Å². The van der Waals surface area contributed by atoms with Crippen molar-refractivity contribution < 1.29 is 14.3 Å². The lowest BCUT2D eigenvalue weighted by Crippen LogP contribution is -2.50. The van der Waals surface area contributed by atoms with E-state index in [0.717, 1.165) is 16.7 Å². The first-order chi connectivity index (χ1) is 11.0. The van der Waals surface area contributed by atoms with E-state index in [9.17, 15) is 4.79 Å². The highest BCUT2D eigenvalue weighted by molar-refractivity contribution is 6.05. The van der Waals surface area contributed by atoms with E-state index in [1.54, 1.807) is 14.2 Å². The van der Waals surface area contributed by atoms with Crippen molar-refractivity contribution in [1.29, 1.82) is 0 Å². The molecule has 0 amide bonds. The van der Waals surface area contributed by atoms with Crippen molar-refractivity contribution in [3.63, 3.8) is 0 Å². The molecule has 3 rings (SSSR count). The van der Waals surface area contributed by atoms with E-state index in [4.69, 9.17) is 9.47 Å². The lowest BCUT2D eigenvalue weighted by Gasteiger charge is -2.41. The predicted molar refractivity (Wildman–Crippen MR) is 90.7 cm³/mol. The third-order valence-electron chi connectivity index (χ3n) is 5.03. The van der Waals surface area contributed by atoms with Gasteiger partial charge in [0.1, 0.15) is 0 Å². The van der Waals surface area contributed by atoms with Crippen LogP contribution in [0.2, 0.25) is 0 Å². The van der Waals surface area contributed by atoms with E-state index < -0.39 is 11.2 Å². The van der Waals surface area contributed by atoms with Gasteiger partial charge in [-0.3, -0.25) is 4.79 Å². The minimum atomic E-state index is -0.999. The molecule has 0 bridgehead atoms. The smallest absolute Gasteiger partial charge is 0.191 e. The number of methoxy groups -OCH3 is 2. The number of ether oxygens (including phenoxy) is 2. The molecule has 0 N–H and O–H groups in total. The average molecular weight is 310 g/mol. The first-order valence-electron chi connectivity index (χ1n) is 7.78. The molecule has 2 aliphatic carbocycles. The Labute approximate surface area is 137 Å². The van der Waals surface area contributed by atoms with Crippen LogP contribution in [-0.2, 0) is 14.3 Å². The maximum Gasteiger partial charge on any atom is 0.191 e. The van der Waals surface area contributed by atoms with Gasteiger partial charge < -0.3 is 9.47 Å². The monoisotopic (exact) mass is 310 g/mol. The molecule has 23 heavy (non-hydrogen) atoms. The van der Waals surface area contributed by atoms with Crippen LogP contribution in [0.4, 0.5) is 0 Å². The summed E-state index contributed by atoms with van der Waals surface area (Å²) in [6.07, 6.45) is 7.94. The summed E-state index contributed by atoms with van der Waals surface area (Å²) < 4.78 is 11.6. The van der Waals surface area contributed by atoms with Crippen LogP contribution in [0.1, 0.15) is 19.4 Å². The van der Waals surface area contributed by atoms with Crippen LogP contribution in [0.3, 0.4) is 0 Å². The van der Waals surface area contributed by atoms with Crippen LogP contribution in [0.15, 0.2) is 59.7 Å². The maximum absolute atomic E-state index is 12.9. The molecule has 3 nitrogen and oxygen atoms in total. The van der Waals surface area contributed by atoms with E-state index in [1.165, 1.54) is 0 Å². The highest BCUT2D eigenvalue weighted by Crippen LogP contribution is 2.56. The van der Waals surface area contributed by atoms with Crippen molar-refractivity contribution in [2.75, 3.05) is 14.2 Å². The number of Topliss-reactive ketones (excluding diaryl/α,β-unsaturated/α-hetero) is 1. The molecule has 1 fully saturated rings. The minimum absolute atomic E-state index is 0.0783. The summed E-state index contributed by atoms with van der Waals surface area (Å²) in [5, 5.41) is 0. The number of rotatable bonds is 3. The van der Waals surface area contributed by atoms with Gasteiger partial charge in [0.05, 0.1) is 11.3 Å². The zero-order chi connectivity index (χ0) is 16.7. The van der Waals surface area contributed by atoms with E-state index in [2.05, 4.69) is 6.08 Å². The minimum Gasteiger partial charge on any atom is -0.351 e. The molecular weight excluding hydrogens is 288 g/mol. The van der Waals surface area contributed by atoms with Gasteiger partial charge in [-0.15, -0.1) is 0 Å². The van der Waals surface area contributed by atoms with Gasteiger partial charge >= 0.3 is 0 Å². The lowest BCUT2D eigenvalue weighted by molar-refractivity contribution is -0.263. The van der Waals surface area contributed by atoms with Crippen LogP contribution >= 0.6 is 0 Å². The summed E-state index contributed by atoms with van der Waals surface area (Å²) in [7, 11) is 3.22. The first kappa shape index (κ1) is 15.9. The zero-order valence-corrected chi connectivity index (χ0v) is 14.0. The molecular formula is C20H22O3. The fourth-order valence-corrected chi connectivity index (χ4v) is 3.85. The van der Waals surface area contributed by atoms with E-state index in [1.807, 2.05) is 62.4 Å². The Morgan fingerprint density at radius 1 is 1.09 bits per heavy atom. The number of ketones is 1. The Kier molecular flexibility index (Phi) is 3.86. The number of hydrogen-bond acceptors (Lipinski definition) is 3. The molecule has 1 saturated carbocycles. The third kappa shape index (κ3) is 2.15. The Morgan fingerprint density at radius 3 is 2.35 bits per heavy atom. The second-order valence-corrected chi connectivity index (χ2v) is 6.50. The molecule has 2 aliphatic rings. The fourth-order valence-electron chi connectivity index (χ4n) is 3.85. The Hall–Kier alpha value is -1.97. The molecule has 0 spiro atoms. The summed E-state index contributed by atoms with van der Waals surface area (Å²) in [6.45, 7) is 3.78. The normalized spacial score (nSPS) is 26.3. The van der Waals surface area contributed by atoms with Crippen molar-refractivity contribution in [2.45, 2.75) is 19.6 Å². The molecule has 3 heteroatoms. The summed E-state index contributed by atoms with van der Waals surface area (Å²) in [4.78, 5) is 12.9. The molecule has 1 aromatic rings. The van der Waals surface area contributed by atoms with E-state index in [-0.39, 0.29) is 11.7 Å². The second-order valence-electron chi connectivity index (χ2n) is 6.50. The van der Waals surface area contributed by atoms with Gasteiger partial charge in [-0.1, -0.05) is 54.6 Å². The SMILES string of the molecule is COC1(OC)C2C(=Cc3ccccc3)C=CC=C2C(=O)C1(C)C. The van der Waals surface area contributed by atoms with Gasteiger partial charge in [0.15, 0.2) is 11.6 Å². The number of hydrogen-bond donors (Lipinski definition) is 0. The summed E-state index contributed by atoms with van der Waals surface area (Å²) in [5.74, 6) is -1.15. The van der Waals surface area contributed by atoms with Gasteiger partial charge in [-0.05, 0) is 25.0 Å². The number of allylic oxidation sites excluding steroid dienone is 3. The van der Waals surface area contributed by atoms with Crippen molar-refractivity contribution in [2.24, 2.45) is 11.3 Å². The first-order valence-corrected chi connectivity index (χ1v) is 7.78. The number of carbonyl (C=O) groups is 1. The Morgan fingerprint density at radius 2 is 1.74 bits per heavy atom. The second kappa shape index (κ2) is 5.59. The van der Waals surface area contributed by atoms with E-state index >= 15 is 0 Å². The largest absolute Gasteiger partial charge is 0.351 e. The number of carbonyl (C=O) groups excluding carboxylic acids is 1. The van der Waals surface area contributed by atoms with Crippen molar-refractivity contribution in [3.8, 4) is 0 Å². The topological polar surface area (TPSA) is 35.5 Å². The Bertz CT molecular complexity index is 704. The van der Waals surface area contributed by atoms with Crippen LogP contribution in [0.25, 0.3) is 6.08 Å². The van der Waals surface area contributed by atoms with Gasteiger partial charge in [-0.2, -0.15) is 0 Å². The molecule has 1 atom stereocenters. The lowest BCUT2D eigenvalue weighted by atomic mass is 9.79. The summed E-state index contributed by atoms with van der Waals surface area (Å²) >= 11 is 0. The average Bonchev–Trinajstić information content (AvgIpc) is 2.74. The predicted octanol–water partition coefficient (Wildman–Crippen LogP) is 3.78. The Balaban J connectivity index is 2.17. The molecule has 1 unspecified atom stereocenters. The van der Waals surface area contributed by atoms with Crippen LogP contribution in [0.5, 0.6) is 0 Å². The summed E-state index contributed by atoms with van der Waals surface area (Å²) in [6, 6.07) is 10.1. The van der Waals surface area contributed by atoms with Crippen molar-refractivity contribution in [3.05, 3.63) is 65.3 Å². The molecule has 0 saturated heterocycles. The van der Waals surface area contributed by atoms with Crippen molar-refractivity contribution in [1.82, 2.24) is 0 Å². The fraction of sp³-hybridized carbons (Fsp3) is 0.350. The highest BCUT2D eigenvalue weighted by Gasteiger charge is 2.65. The van der Waals surface area contributed by atoms with Gasteiger partial charge in [0.25, 0.3) is 0 Å². The molecule has 1 aromatic carbocycles. The molecule has 0 aliphatic heterocycles. The maximum atomic E-state index is 12.9. The number of benzene rings is 1. The highest BCUT2D eigenvalue weighted by atomic mass is 16.7. The zero-order valence-electron chi connectivity index (χ0n) is 14.0. The van der Waals surface area contributed by atoms with Crippen LogP contribution in [0, 0.1) is 11.3 Å². The summed E-state index contributed by atoms with van der Waals surface area (Å²) in [5.41, 5.74) is 2.11. The standard InChI is InChI=1S/C20H22O3/c1-19(2)18(21)16-12-8-11-15(13-14-9-6-5-7-10-14)17(16)20(19,22-3)23-4/h5-13,17H,1-4H3. The molecule has 0 aromatic heterocycles.